The van der Waals surface area contributed by atoms with Gasteiger partial charge < -0.3 is 10.2 Å². The van der Waals surface area contributed by atoms with E-state index in [2.05, 4.69) is 5.32 Å². The molecule has 0 saturated heterocycles. The number of nitrogens with one attached hydrogen (secondary N) is 1. The minimum Gasteiger partial charge on any atom is -0.352 e. The number of carbonyl (C=O) groups excluding carboxylic acids is 2. The quantitative estimate of drug-likeness (QED) is 0.301. The van der Waals surface area contributed by atoms with Gasteiger partial charge in [-0.2, -0.15) is 0 Å². The summed E-state index contributed by atoms with van der Waals surface area (Å²) in [4.78, 5) is 29.3. The zero-order valence-electron chi connectivity index (χ0n) is 20.6. The molecule has 0 unspecified atom stereocenters. The molecule has 1 atom stereocenters. The highest BCUT2D eigenvalue weighted by Gasteiger charge is 2.32. The van der Waals surface area contributed by atoms with Gasteiger partial charge in [-0.1, -0.05) is 103 Å². The van der Waals surface area contributed by atoms with Gasteiger partial charge in [0.2, 0.25) is 11.8 Å². The van der Waals surface area contributed by atoms with Crippen molar-refractivity contribution in [3.05, 3.63) is 105 Å². The van der Waals surface area contributed by atoms with Crippen molar-refractivity contribution in [2.75, 3.05) is 0 Å². The summed E-state index contributed by atoms with van der Waals surface area (Å²) in [7, 11) is 0. The molecule has 0 aromatic heterocycles. The van der Waals surface area contributed by atoms with Crippen molar-refractivity contribution >= 4 is 46.6 Å². The Morgan fingerprint density at radius 1 is 0.838 bits per heavy atom. The summed E-state index contributed by atoms with van der Waals surface area (Å²) < 4.78 is 0. The molecule has 1 N–H and O–H groups in total. The molecule has 0 aliphatic heterocycles. The van der Waals surface area contributed by atoms with Crippen LogP contribution in [0, 0.1) is 0 Å². The zero-order chi connectivity index (χ0) is 26.2. The molecule has 1 fully saturated rings. The van der Waals surface area contributed by atoms with Crippen molar-refractivity contribution in [2.24, 2.45) is 0 Å². The largest absolute Gasteiger partial charge is 0.352 e. The predicted molar refractivity (Wildman–Crippen MR) is 151 cm³/mol. The first-order valence-electron chi connectivity index (χ1n) is 12.7. The van der Waals surface area contributed by atoms with Crippen molar-refractivity contribution in [1.82, 2.24) is 10.2 Å². The van der Waals surface area contributed by atoms with Crippen LogP contribution in [0.25, 0.3) is 0 Å². The Kier molecular flexibility index (Phi) is 9.90. The Morgan fingerprint density at radius 2 is 1.51 bits per heavy atom. The van der Waals surface area contributed by atoms with Crippen molar-refractivity contribution in [3.63, 3.8) is 0 Å². The molecule has 1 saturated carbocycles. The first-order valence-corrected chi connectivity index (χ1v) is 13.8. The minimum absolute atomic E-state index is 0.131. The Labute approximate surface area is 233 Å². The van der Waals surface area contributed by atoms with Gasteiger partial charge in [-0.15, -0.1) is 0 Å². The van der Waals surface area contributed by atoms with Gasteiger partial charge in [0.05, 0.1) is 6.42 Å². The fourth-order valence-corrected chi connectivity index (χ4v) is 5.40. The van der Waals surface area contributed by atoms with Crippen LogP contribution in [0.15, 0.2) is 72.8 Å². The van der Waals surface area contributed by atoms with Gasteiger partial charge in [-0.3, -0.25) is 9.59 Å². The van der Waals surface area contributed by atoms with Crippen LogP contribution in [0.1, 0.15) is 48.8 Å². The van der Waals surface area contributed by atoms with E-state index in [1.54, 1.807) is 29.2 Å². The SMILES string of the molecule is O=C(NC1CCCCC1)[C@@H](Cc1ccccc1)N(Cc1ccc(Cl)cc1Cl)C(=O)Cc1ccc(Cl)cc1. The van der Waals surface area contributed by atoms with E-state index in [9.17, 15) is 9.59 Å². The number of hydrogen-bond donors (Lipinski definition) is 1. The van der Waals surface area contributed by atoms with Crippen LogP contribution < -0.4 is 5.32 Å². The van der Waals surface area contributed by atoms with Crippen LogP contribution in [-0.4, -0.2) is 28.8 Å². The lowest BCUT2D eigenvalue weighted by molar-refractivity contribution is -0.141. The fraction of sp³-hybridized carbons (Fsp3) is 0.333. The van der Waals surface area contributed by atoms with Crippen molar-refractivity contribution in [3.8, 4) is 0 Å². The number of carbonyl (C=O) groups is 2. The third-order valence-corrected chi connectivity index (χ3v) is 7.69. The summed E-state index contributed by atoms with van der Waals surface area (Å²) >= 11 is 18.7. The van der Waals surface area contributed by atoms with Gasteiger partial charge >= 0.3 is 0 Å². The summed E-state index contributed by atoms with van der Waals surface area (Å²) in [5.41, 5.74) is 2.55. The van der Waals surface area contributed by atoms with E-state index in [1.165, 1.54) is 6.42 Å². The molecule has 0 bridgehead atoms. The monoisotopic (exact) mass is 556 g/mol. The highest BCUT2D eigenvalue weighted by Crippen LogP contribution is 2.25. The van der Waals surface area contributed by atoms with Crippen LogP contribution in [0.4, 0.5) is 0 Å². The molecule has 194 valence electrons. The number of benzene rings is 3. The van der Waals surface area contributed by atoms with Gasteiger partial charge in [0, 0.05) is 34.1 Å². The smallest absolute Gasteiger partial charge is 0.243 e. The maximum atomic E-state index is 13.9. The van der Waals surface area contributed by atoms with Gasteiger partial charge in [0.15, 0.2) is 0 Å². The first-order chi connectivity index (χ1) is 17.9. The van der Waals surface area contributed by atoms with Crippen LogP contribution in [0.5, 0.6) is 0 Å². The zero-order valence-corrected chi connectivity index (χ0v) is 22.9. The topological polar surface area (TPSA) is 49.4 Å². The lowest BCUT2D eigenvalue weighted by Crippen LogP contribution is -2.53. The third kappa shape index (κ3) is 7.98. The standard InChI is InChI=1S/C30H31Cl3N2O2/c31-24-14-11-22(12-15-24)18-29(36)35(20-23-13-16-25(32)19-27(23)33)28(17-21-7-3-1-4-8-21)30(37)34-26-9-5-2-6-10-26/h1,3-4,7-8,11-16,19,26,28H,2,5-6,9-10,17-18,20H2,(H,34,37)/t28-/m1/s1. The Hall–Kier alpha value is -2.53. The van der Waals surface area contributed by atoms with E-state index >= 15 is 0 Å². The Bertz CT molecular complexity index is 1200. The molecule has 0 radical (unpaired) electrons. The number of amides is 2. The van der Waals surface area contributed by atoms with Crippen LogP contribution in [0.3, 0.4) is 0 Å². The lowest BCUT2D eigenvalue weighted by Gasteiger charge is -2.34. The van der Waals surface area contributed by atoms with E-state index in [1.807, 2.05) is 48.5 Å². The molecule has 37 heavy (non-hydrogen) atoms. The Balaban J connectivity index is 1.67. The second-order valence-corrected chi connectivity index (χ2v) is 10.9. The van der Waals surface area contributed by atoms with E-state index in [0.717, 1.165) is 42.4 Å². The molecular weight excluding hydrogens is 527 g/mol. The lowest BCUT2D eigenvalue weighted by atomic mass is 9.94. The first kappa shape index (κ1) is 27.5. The van der Waals surface area contributed by atoms with Gasteiger partial charge in [0.25, 0.3) is 0 Å². The highest BCUT2D eigenvalue weighted by atomic mass is 35.5. The summed E-state index contributed by atoms with van der Waals surface area (Å²) in [5.74, 6) is -0.293. The van der Waals surface area contributed by atoms with Crippen molar-refractivity contribution in [1.29, 1.82) is 0 Å². The maximum absolute atomic E-state index is 13.9. The van der Waals surface area contributed by atoms with Crippen LogP contribution in [-0.2, 0) is 29.0 Å². The summed E-state index contributed by atoms with van der Waals surface area (Å²) in [6.45, 7) is 0.192. The second kappa shape index (κ2) is 13.3. The van der Waals surface area contributed by atoms with E-state index in [-0.39, 0.29) is 30.8 Å². The van der Waals surface area contributed by atoms with Gasteiger partial charge in [-0.05, 0) is 53.8 Å². The molecule has 2 amide bonds. The molecule has 4 rings (SSSR count). The van der Waals surface area contributed by atoms with E-state index in [0.29, 0.717) is 21.5 Å². The average molecular weight is 558 g/mol. The van der Waals surface area contributed by atoms with E-state index in [4.69, 9.17) is 34.8 Å². The summed E-state index contributed by atoms with van der Waals surface area (Å²) in [6.07, 6.45) is 5.88. The summed E-state index contributed by atoms with van der Waals surface area (Å²) in [5, 5.41) is 4.84. The van der Waals surface area contributed by atoms with Crippen LogP contribution >= 0.6 is 34.8 Å². The van der Waals surface area contributed by atoms with Crippen molar-refractivity contribution < 1.29 is 9.59 Å². The number of halogens is 3. The van der Waals surface area contributed by atoms with Crippen molar-refractivity contribution in [2.45, 2.75) is 63.6 Å². The molecule has 4 nitrogen and oxygen atoms in total. The molecule has 0 heterocycles. The van der Waals surface area contributed by atoms with E-state index < -0.39 is 6.04 Å². The average Bonchev–Trinajstić information content (AvgIpc) is 2.89. The van der Waals surface area contributed by atoms with Gasteiger partial charge in [-0.25, -0.2) is 0 Å². The normalized spacial score (nSPS) is 14.7. The van der Waals surface area contributed by atoms with Crippen LogP contribution in [0.2, 0.25) is 15.1 Å². The molecule has 3 aromatic rings. The molecule has 3 aromatic carbocycles. The number of hydrogen-bond acceptors (Lipinski definition) is 2. The maximum Gasteiger partial charge on any atom is 0.243 e. The number of rotatable bonds is 9. The molecular formula is C30H31Cl3N2O2. The summed E-state index contributed by atoms with van der Waals surface area (Å²) in [6, 6.07) is 21.7. The highest BCUT2D eigenvalue weighted by molar-refractivity contribution is 6.35. The molecule has 1 aliphatic carbocycles. The molecule has 7 heteroatoms. The number of nitrogens with zero attached hydrogens (tertiary/aromatic N) is 1. The predicted octanol–water partition coefficient (Wildman–Crippen LogP) is 7.28. The molecule has 0 spiro atoms. The fourth-order valence-electron chi connectivity index (χ4n) is 4.81. The van der Waals surface area contributed by atoms with Gasteiger partial charge in [0.1, 0.15) is 6.04 Å². The second-order valence-electron chi connectivity index (χ2n) is 9.61. The minimum atomic E-state index is -0.698. The third-order valence-electron chi connectivity index (χ3n) is 6.85. The molecule has 1 aliphatic rings. The Morgan fingerprint density at radius 3 is 2.19 bits per heavy atom.